The van der Waals surface area contributed by atoms with Crippen LogP contribution in [0.5, 0.6) is 11.5 Å². The number of methoxy groups -OCH3 is 1. The zero-order chi connectivity index (χ0) is 23.2. The number of hydrogen-bond donors (Lipinski definition) is 2. The van der Waals surface area contributed by atoms with Gasteiger partial charge in [0.1, 0.15) is 6.10 Å². The number of rotatable bonds is 7. The van der Waals surface area contributed by atoms with Gasteiger partial charge in [0.05, 0.1) is 19.8 Å². The first-order valence-electron chi connectivity index (χ1n) is 11.4. The van der Waals surface area contributed by atoms with Crippen LogP contribution < -0.4 is 20.1 Å². The third-order valence-electron chi connectivity index (χ3n) is 6.07. The highest BCUT2D eigenvalue weighted by Gasteiger charge is 2.40. The number of amides is 2. The summed E-state index contributed by atoms with van der Waals surface area (Å²) in [5.41, 5.74) is 1.85. The minimum atomic E-state index is -0.233. The highest BCUT2D eigenvalue weighted by molar-refractivity contribution is 5.96. The third kappa shape index (κ3) is 5.48. The lowest BCUT2D eigenvalue weighted by molar-refractivity contribution is -0.134. The molecule has 1 saturated carbocycles. The van der Waals surface area contributed by atoms with E-state index < -0.39 is 0 Å². The fraction of sp³-hybridized carbons (Fsp3) is 0.385. The Balaban J connectivity index is 1.33. The average molecular weight is 451 g/mol. The van der Waals surface area contributed by atoms with E-state index in [1.807, 2.05) is 55.5 Å². The van der Waals surface area contributed by atoms with Crippen LogP contribution in [0, 0.1) is 5.92 Å². The van der Waals surface area contributed by atoms with E-state index in [1.54, 1.807) is 13.2 Å². The Kier molecular flexibility index (Phi) is 7.17. The minimum absolute atomic E-state index is 0.0119. The van der Waals surface area contributed by atoms with E-state index in [2.05, 4.69) is 10.6 Å². The fourth-order valence-electron chi connectivity index (χ4n) is 4.36. The molecule has 1 saturated heterocycles. The van der Waals surface area contributed by atoms with Crippen LogP contribution in [0.1, 0.15) is 37.3 Å². The summed E-state index contributed by atoms with van der Waals surface area (Å²) in [6.07, 6.45) is 3.64. The van der Waals surface area contributed by atoms with Crippen molar-refractivity contribution in [3.63, 3.8) is 0 Å². The zero-order valence-electron chi connectivity index (χ0n) is 19.0. The smallest absolute Gasteiger partial charge is 0.286 e. The summed E-state index contributed by atoms with van der Waals surface area (Å²) >= 11 is 0. The SMILES string of the molecule is CCOc1cc(CNC(=O)C2CCC3O/C(=C/c4ccccc4)C(=O)NC3C2)ccc1OC. The molecule has 1 heterocycles. The molecule has 7 nitrogen and oxygen atoms in total. The molecule has 7 heteroatoms. The second-order valence-corrected chi connectivity index (χ2v) is 8.30. The van der Waals surface area contributed by atoms with Crippen molar-refractivity contribution in [2.75, 3.05) is 13.7 Å². The molecule has 0 spiro atoms. The molecule has 3 unspecified atom stereocenters. The van der Waals surface area contributed by atoms with E-state index in [1.165, 1.54) is 0 Å². The second kappa shape index (κ2) is 10.4. The number of nitrogens with one attached hydrogen (secondary N) is 2. The van der Waals surface area contributed by atoms with Crippen LogP contribution in [0.2, 0.25) is 0 Å². The Morgan fingerprint density at radius 2 is 2.00 bits per heavy atom. The van der Waals surface area contributed by atoms with E-state index >= 15 is 0 Å². The maximum Gasteiger partial charge on any atom is 0.286 e. The van der Waals surface area contributed by atoms with E-state index in [0.717, 1.165) is 11.1 Å². The maximum absolute atomic E-state index is 12.8. The molecule has 33 heavy (non-hydrogen) atoms. The molecule has 0 aromatic heterocycles. The standard InChI is InChI=1S/C26H30N2O5/c1-3-32-23-14-18(9-11-22(23)31-2)16-27-25(29)19-10-12-21-20(15-19)28-26(30)24(33-21)13-17-7-5-4-6-8-17/h4-9,11,13-14,19-21H,3,10,12,15-16H2,1-2H3,(H,27,29)(H,28,30)/b24-13+. The van der Waals surface area contributed by atoms with Crippen LogP contribution in [0.3, 0.4) is 0 Å². The van der Waals surface area contributed by atoms with Crippen LogP contribution in [0.4, 0.5) is 0 Å². The normalized spacial score (nSPS) is 23.2. The highest BCUT2D eigenvalue weighted by atomic mass is 16.5. The molecular weight excluding hydrogens is 420 g/mol. The Morgan fingerprint density at radius 1 is 1.18 bits per heavy atom. The summed E-state index contributed by atoms with van der Waals surface area (Å²) in [7, 11) is 1.60. The van der Waals surface area contributed by atoms with Gasteiger partial charge in [-0.15, -0.1) is 0 Å². The van der Waals surface area contributed by atoms with Gasteiger partial charge in [0.15, 0.2) is 17.3 Å². The van der Waals surface area contributed by atoms with Crippen molar-refractivity contribution in [1.29, 1.82) is 0 Å². The number of benzene rings is 2. The van der Waals surface area contributed by atoms with Crippen LogP contribution in [0.25, 0.3) is 6.08 Å². The van der Waals surface area contributed by atoms with Gasteiger partial charge in [0.2, 0.25) is 5.91 Å². The molecule has 3 atom stereocenters. The molecular formula is C26H30N2O5. The topological polar surface area (TPSA) is 85.9 Å². The van der Waals surface area contributed by atoms with Crippen LogP contribution in [0.15, 0.2) is 54.3 Å². The molecule has 2 amide bonds. The quantitative estimate of drug-likeness (QED) is 0.632. The molecule has 1 aliphatic carbocycles. The number of hydrogen-bond acceptors (Lipinski definition) is 5. The van der Waals surface area contributed by atoms with E-state index in [-0.39, 0.29) is 29.9 Å². The predicted octanol–water partition coefficient (Wildman–Crippen LogP) is 3.43. The van der Waals surface area contributed by atoms with Gasteiger partial charge in [-0.25, -0.2) is 0 Å². The number of ether oxygens (including phenoxy) is 3. The number of morpholine rings is 1. The van der Waals surface area contributed by atoms with Crippen molar-refractivity contribution in [2.24, 2.45) is 5.92 Å². The van der Waals surface area contributed by atoms with Gasteiger partial charge in [-0.1, -0.05) is 36.4 Å². The summed E-state index contributed by atoms with van der Waals surface area (Å²) in [6, 6.07) is 15.1. The van der Waals surface area contributed by atoms with Gasteiger partial charge < -0.3 is 24.8 Å². The van der Waals surface area contributed by atoms with Crippen molar-refractivity contribution < 1.29 is 23.8 Å². The van der Waals surface area contributed by atoms with Crippen LogP contribution >= 0.6 is 0 Å². The number of carbonyl (C=O) groups is 2. The Bertz CT molecular complexity index is 1020. The first-order valence-corrected chi connectivity index (χ1v) is 11.4. The largest absolute Gasteiger partial charge is 0.493 e. The lowest BCUT2D eigenvalue weighted by atomic mass is 9.82. The molecule has 2 aliphatic rings. The lowest BCUT2D eigenvalue weighted by Gasteiger charge is -2.39. The third-order valence-corrected chi connectivity index (χ3v) is 6.07. The highest BCUT2D eigenvalue weighted by Crippen LogP contribution is 2.32. The summed E-state index contributed by atoms with van der Waals surface area (Å²) in [6.45, 7) is 2.85. The van der Waals surface area contributed by atoms with E-state index in [9.17, 15) is 9.59 Å². The first kappa shape index (κ1) is 22.7. The molecule has 2 aromatic carbocycles. The van der Waals surface area contributed by atoms with Crippen molar-refractivity contribution in [2.45, 2.75) is 44.9 Å². The summed E-state index contributed by atoms with van der Waals surface area (Å²) < 4.78 is 16.9. The summed E-state index contributed by atoms with van der Waals surface area (Å²) in [5, 5.41) is 6.06. The van der Waals surface area contributed by atoms with Gasteiger partial charge in [-0.3, -0.25) is 9.59 Å². The van der Waals surface area contributed by atoms with Crippen LogP contribution in [-0.4, -0.2) is 37.7 Å². The fourth-order valence-corrected chi connectivity index (χ4v) is 4.36. The molecule has 2 aromatic rings. The van der Waals surface area contributed by atoms with Gasteiger partial charge in [0.25, 0.3) is 5.91 Å². The molecule has 2 fully saturated rings. The Labute approximate surface area is 194 Å². The number of carbonyl (C=O) groups excluding carboxylic acids is 2. The average Bonchev–Trinajstić information content (AvgIpc) is 2.83. The first-order chi connectivity index (χ1) is 16.1. The van der Waals surface area contributed by atoms with Crippen molar-refractivity contribution >= 4 is 17.9 Å². The van der Waals surface area contributed by atoms with Gasteiger partial charge >= 0.3 is 0 Å². The van der Waals surface area contributed by atoms with Crippen molar-refractivity contribution in [3.8, 4) is 11.5 Å². The van der Waals surface area contributed by atoms with Crippen LogP contribution in [-0.2, 0) is 20.9 Å². The van der Waals surface area contributed by atoms with Crippen molar-refractivity contribution in [3.05, 3.63) is 65.4 Å². The molecule has 4 rings (SSSR count). The maximum atomic E-state index is 12.8. The van der Waals surface area contributed by atoms with Gasteiger partial charge in [-0.2, -0.15) is 0 Å². The lowest BCUT2D eigenvalue weighted by Crippen LogP contribution is -2.54. The van der Waals surface area contributed by atoms with Crippen molar-refractivity contribution in [1.82, 2.24) is 10.6 Å². The Morgan fingerprint density at radius 3 is 2.76 bits per heavy atom. The Hall–Kier alpha value is -3.48. The van der Waals surface area contributed by atoms with E-state index in [0.29, 0.717) is 49.7 Å². The molecule has 174 valence electrons. The van der Waals surface area contributed by atoms with E-state index in [4.69, 9.17) is 14.2 Å². The molecule has 0 bridgehead atoms. The molecule has 2 N–H and O–H groups in total. The second-order valence-electron chi connectivity index (χ2n) is 8.30. The van der Waals surface area contributed by atoms with Gasteiger partial charge in [0, 0.05) is 12.5 Å². The summed E-state index contributed by atoms with van der Waals surface area (Å²) in [4.78, 5) is 25.4. The minimum Gasteiger partial charge on any atom is -0.493 e. The monoisotopic (exact) mass is 450 g/mol. The summed E-state index contributed by atoms with van der Waals surface area (Å²) in [5.74, 6) is 1.24. The predicted molar refractivity (Wildman–Crippen MR) is 125 cm³/mol. The van der Waals surface area contributed by atoms with Gasteiger partial charge in [-0.05, 0) is 55.5 Å². The zero-order valence-corrected chi connectivity index (χ0v) is 19.0. The number of fused-ring (bicyclic) bond motifs is 1. The molecule has 1 aliphatic heterocycles. The molecule has 0 radical (unpaired) electrons.